The van der Waals surface area contributed by atoms with Crippen molar-refractivity contribution in [1.29, 1.82) is 0 Å². The summed E-state index contributed by atoms with van der Waals surface area (Å²) in [6.45, 7) is 8.30. The van der Waals surface area contributed by atoms with Crippen molar-refractivity contribution in [3.8, 4) is 0 Å². The van der Waals surface area contributed by atoms with E-state index in [0.717, 1.165) is 73.3 Å². The van der Waals surface area contributed by atoms with Gasteiger partial charge in [-0.1, -0.05) is 0 Å². The first-order valence-electron chi connectivity index (χ1n) is 9.50. The van der Waals surface area contributed by atoms with Crippen LogP contribution in [0.4, 0.5) is 17.5 Å². The van der Waals surface area contributed by atoms with E-state index in [1.165, 1.54) is 0 Å². The fourth-order valence-corrected chi connectivity index (χ4v) is 3.98. The summed E-state index contributed by atoms with van der Waals surface area (Å²) in [6.07, 6.45) is 1.83. The summed E-state index contributed by atoms with van der Waals surface area (Å²) < 4.78 is 0. The number of aromatic amines is 1. The van der Waals surface area contributed by atoms with E-state index in [-0.39, 0.29) is 0 Å². The number of benzene rings is 1. The zero-order valence-electron chi connectivity index (χ0n) is 15.4. The highest BCUT2D eigenvalue weighted by Gasteiger charge is 2.30. The fraction of sp³-hybridized carbons (Fsp3) is 0.421. The lowest BCUT2D eigenvalue weighted by Crippen LogP contribution is -2.61. The van der Waals surface area contributed by atoms with Crippen molar-refractivity contribution in [3.05, 3.63) is 36.2 Å². The number of anilines is 3. The molecule has 1 aromatic carbocycles. The van der Waals surface area contributed by atoms with Gasteiger partial charge in [0.25, 0.3) is 0 Å². The van der Waals surface area contributed by atoms with Crippen molar-refractivity contribution in [2.75, 3.05) is 49.5 Å². The Morgan fingerprint density at radius 3 is 3.07 bits per heavy atom. The number of H-pyrrole nitrogens is 1. The van der Waals surface area contributed by atoms with Gasteiger partial charge in [-0.15, -0.1) is 0 Å². The molecule has 0 spiro atoms. The molecule has 0 radical (unpaired) electrons. The van der Waals surface area contributed by atoms with Crippen LogP contribution in [0.25, 0.3) is 10.9 Å². The summed E-state index contributed by atoms with van der Waals surface area (Å²) in [6, 6.07) is 8.65. The maximum Gasteiger partial charge on any atom is 0.227 e. The highest BCUT2D eigenvalue weighted by atomic mass is 15.4. The molecule has 140 valence electrons. The predicted molar refractivity (Wildman–Crippen MR) is 107 cm³/mol. The van der Waals surface area contributed by atoms with E-state index < -0.39 is 0 Å². The second-order valence-corrected chi connectivity index (χ2v) is 7.33. The number of aryl methyl sites for hydroxylation is 1. The molecule has 0 bridgehead atoms. The summed E-state index contributed by atoms with van der Waals surface area (Å²) in [4.78, 5) is 14.4. The number of rotatable bonds is 3. The van der Waals surface area contributed by atoms with Crippen LogP contribution in [0, 0.1) is 6.92 Å². The van der Waals surface area contributed by atoms with Crippen LogP contribution < -0.4 is 15.5 Å². The molecule has 1 atom stereocenters. The Bertz CT molecular complexity index is 952. The number of piperazine rings is 2. The van der Waals surface area contributed by atoms with Crippen molar-refractivity contribution in [2.45, 2.75) is 13.0 Å². The smallest absolute Gasteiger partial charge is 0.227 e. The zero-order valence-corrected chi connectivity index (χ0v) is 15.4. The monoisotopic (exact) mass is 364 g/mol. The standard InChI is InChI=1S/C19H24N8/c1-13-8-18(23-15-2-3-17-14(9-15)10-21-25-17)24-19(22-13)27-7-6-26-5-4-20-11-16(26)12-27/h2-3,8-10,16,20H,4-7,11-12H2,1H3,(H,21,25)(H,22,23,24). The van der Waals surface area contributed by atoms with Gasteiger partial charge >= 0.3 is 0 Å². The SMILES string of the molecule is Cc1cc(Nc2ccc3[nH]ncc3c2)nc(N2CCN3CCNCC3C2)n1. The summed E-state index contributed by atoms with van der Waals surface area (Å²) >= 11 is 0. The molecular formula is C19H24N8. The summed E-state index contributed by atoms with van der Waals surface area (Å²) in [7, 11) is 0. The third-order valence-corrected chi connectivity index (χ3v) is 5.40. The van der Waals surface area contributed by atoms with E-state index >= 15 is 0 Å². The Morgan fingerprint density at radius 1 is 1.15 bits per heavy atom. The van der Waals surface area contributed by atoms with Crippen molar-refractivity contribution in [1.82, 2.24) is 30.4 Å². The molecule has 4 heterocycles. The lowest BCUT2D eigenvalue weighted by atomic mass is 10.1. The molecule has 2 saturated heterocycles. The number of hydrogen-bond acceptors (Lipinski definition) is 7. The summed E-state index contributed by atoms with van der Waals surface area (Å²) in [5.41, 5.74) is 2.99. The fourth-order valence-electron chi connectivity index (χ4n) is 3.98. The molecule has 0 aliphatic carbocycles. The van der Waals surface area contributed by atoms with E-state index in [9.17, 15) is 0 Å². The third kappa shape index (κ3) is 3.33. The predicted octanol–water partition coefficient (Wildman–Crippen LogP) is 1.50. The molecule has 8 nitrogen and oxygen atoms in total. The van der Waals surface area contributed by atoms with Crippen LogP contribution in [0.2, 0.25) is 0 Å². The molecule has 2 aliphatic heterocycles. The van der Waals surface area contributed by atoms with Crippen LogP contribution in [0.1, 0.15) is 5.69 Å². The van der Waals surface area contributed by atoms with Crippen LogP contribution >= 0.6 is 0 Å². The van der Waals surface area contributed by atoms with Crippen LogP contribution in [-0.4, -0.2) is 70.4 Å². The normalized spacial score (nSPS) is 20.6. The van der Waals surface area contributed by atoms with Gasteiger partial charge in [0.2, 0.25) is 5.95 Å². The van der Waals surface area contributed by atoms with E-state index in [0.29, 0.717) is 6.04 Å². The number of aromatic nitrogens is 4. The second-order valence-electron chi connectivity index (χ2n) is 7.33. The largest absolute Gasteiger partial charge is 0.340 e. The average Bonchev–Trinajstić information content (AvgIpc) is 3.15. The lowest BCUT2D eigenvalue weighted by molar-refractivity contribution is 0.145. The van der Waals surface area contributed by atoms with Gasteiger partial charge in [-0.25, -0.2) is 4.98 Å². The molecule has 0 amide bonds. The average molecular weight is 364 g/mol. The van der Waals surface area contributed by atoms with Gasteiger partial charge in [0.1, 0.15) is 5.82 Å². The molecule has 2 aliphatic rings. The minimum absolute atomic E-state index is 0.538. The first kappa shape index (κ1) is 16.5. The molecule has 2 aromatic heterocycles. The minimum atomic E-state index is 0.538. The molecule has 8 heteroatoms. The highest BCUT2D eigenvalue weighted by Crippen LogP contribution is 2.23. The Kier molecular flexibility index (Phi) is 4.14. The van der Waals surface area contributed by atoms with Crippen LogP contribution in [0.5, 0.6) is 0 Å². The molecule has 1 unspecified atom stereocenters. The molecule has 5 rings (SSSR count). The topological polar surface area (TPSA) is 85.0 Å². The number of fused-ring (bicyclic) bond motifs is 2. The highest BCUT2D eigenvalue weighted by molar-refractivity contribution is 5.82. The van der Waals surface area contributed by atoms with Gasteiger partial charge in [-0.05, 0) is 25.1 Å². The third-order valence-electron chi connectivity index (χ3n) is 5.40. The molecule has 0 saturated carbocycles. The van der Waals surface area contributed by atoms with Gasteiger partial charge in [0, 0.05) is 68.1 Å². The molecule has 3 N–H and O–H groups in total. The van der Waals surface area contributed by atoms with Crippen LogP contribution in [0.15, 0.2) is 30.5 Å². The van der Waals surface area contributed by atoms with Gasteiger partial charge in [0.15, 0.2) is 0 Å². The van der Waals surface area contributed by atoms with Gasteiger partial charge in [-0.2, -0.15) is 10.1 Å². The molecular weight excluding hydrogens is 340 g/mol. The number of hydrogen-bond donors (Lipinski definition) is 3. The summed E-state index contributed by atoms with van der Waals surface area (Å²) in [5.74, 6) is 1.64. The maximum absolute atomic E-state index is 4.80. The second kappa shape index (κ2) is 6.79. The van der Waals surface area contributed by atoms with Crippen LogP contribution in [0.3, 0.4) is 0 Å². The molecule has 3 aromatic rings. The number of nitrogens with one attached hydrogen (secondary N) is 3. The van der Waals surface area contributed by atoms with Gasteiger partial charge < -0.3 is 15.5 Å². The molecule has 2 fully saturated rings. The molecule has 27 heavy (non-hydrogen) atoms. The van der Waals surface area contributed by atoms with Crippen molar-refractivity contribution < 1.29 is 0 Å². The van der Waals surface area contributed by atoms with Gasteiger partial charge in [0.05, 0.1) is 11.7 Å². The van der Waals surface area contributed by atoms with E-state index in [1.807, 2.05) is 31.3 Å². The summed E-state index contributed by atoms with van der Waals surface area (Å²) in [5, 5.41) is 15.0. The quantitative estimate of drug-likeness (QED) is 0.649. The Labute approximate surface area is 158 Å². The van der Waals surface area contributed by atoms with Crippen molar-refractivity contribution >= 4 is 28.4 Å². The van der Waals surface area contributed by atoms with E-state index in [4.69, 9.17) is 9.97 Å². The van der Waals surface area contributed by atoms with E-state index in [1.54, 1.807) is 0 Å². The first-order valence-corrected chi connectivity index (χ1v) is 9.50. The Morgan fingerprint density at radius 2 is 2.11 bits per heavy atom. The van der Waals surface area contributed by atoms with Crippen molar-refractivity contribution in [3.63, 3.8) is 0 Å². The number of nitrogens with zero attached hydrogens (tertiary/aromatic N) is 5. The Hall–Kier alpha value is -2.71. The minimum Gasteiger partial charge on any atom is -0.340 e. The Balaban J connectivity index is 1.37. The maximum atomic E-state index is 4.80. The lowest BCUT2D eigenvalue weighted by Gasteiger charge is -2.44. The zero-order chi connectivity index (χ0) is 18.2. The first-order chi connectivity index (χ1) is 13.2. The van der Waals surface area contributed by atoms with Crippen LogP contribution in [-0.2, 0) is 0 Å². The van der Waals surface area contributed by atoms with E-state index in [2.05, 4.69) is 36.7 Å². The van der Waals surface area contributed by atoms with Gasteiger partial charge in [-0.3, -0.25) is 10.00 Å². The van der Waals surface area contributed by atoms with Crippen molar-refractivity contribution in [2.24, 2.45) is 0 Å².